The van der Waals surface area contributed by atoms with E-state index in [4.69, 9.17) is 4.98 Å². The molecule has 0 unspecified atom stereocenters. The molecule has 2 aromatic heterocycles. The quantitative estimate of drug-likeness (QED) is 0.494. The average Bonchev–Trinajstić information content (AvgIpc) is 3.58. The lowest BCUT2D eigenvalue weighted by Crippen LogP contribution is -2.42. The fourth-order valence-electron chi connectivity index (χ4n) is 4.76. The minimum atomic E-state index is -0.321. The van der Waals surface area contributed by atoms with Gasteiger partial charge in [-0.25, -0.2) is 18.7 Å². The van der Waals surface area contributed by atoms with E-state index in [9.17, 15) is 9.18 Å². The number of fused-ring (bicyclic) bond motifs is 2. The fraction of sp³-hybridized carbons (Fsp3) is 0.320. The van der Waals surface area contributed by atoms with Gasteiger partial charge in [-0.2, -0.15) is 4.98 Å². The maximum absolute atomic E-state index is 13.6. The van der Waals surface area contributed by atoms with Crippen LogP contribution in [0.4, 0.5) is 16.0 Å². The molecule has 33 heavy (non-hydrogen) atoms. The zero-order chi connectivity index (χ0) is 22.7. The molecule has 0 spiro atoms. The second-order valence-electron chi connectivity index (χ2n) is 9.40. The van der Waals surface area contributed by atoms with Crippen LogP contribution in [0.3, 0.4) is 0 Å². The van der Waals surface area contributed by atoms with E-state index in [1.807, 2.05) is 6.07 Å². The van der Waals surface area contributed by atoms with Crippen LogP contribution >= 0.6 is 0 Å². The number of anilines is 2. The van der Waals surface area contributed by atoms with Crippen molar-refractivity contribution < 1.29 is 4.39 Å². The van der Waals surface area contributed by atoms with Crippen LogP contribution in [0.1, 0.15) is 43.9 Å². The minimum absolute atomic E-state index is 0.0571. The van der Waals surface area contributed by atoms with E-state index in [1.54, 1.807) is 27.7 Å². The maximum atomic E-state index is 13.6. The van der Waals surface area contributed by atoms with Crippen molar-refractivity contribution in [3.05, 3.63) is 76.0 Å². The zero-order valence-electron chi connectivity index (χ0n) is 18.6. The van der Waals surface area contributed by atoms with Crippen LogP contribution in [0.2, 0.25) is 0 Å². The Labute approximate surface area is 190 Å². The number of halogens is 1. The number of nitrogens with one attached hydrogen (secondary N) is 2. The van der Waals surface area contributed by atoms with Crippen molar-refractivity contribution in [2.45, 2.75) is 44.7 Å². The second kappa shape index (κ2) is 7.25. The molecule has 1 aliphatic heterocycles. The zero-order valence-corrected chi connectivity index (χ0v) is 18.6. The van der Waals surface area contributed by atoms with Gasteiger partial charge < -0.3 is 10.6 Å². The normalized spacial score (nSPS) is 17.2. The number of hydrogen-bond acceptors (Lipinski definition) is 5. The summed E-state index contributed by atoms with van der Waals surface area (Å²) >= 11 is 0. The highest BCUT2D eigenvalue weighted by molar-refractivity contribution is 5.77. The molecule has 4 aromatic rings. The van der Waals surface area contributed by atoms with Crippen molar-refractivity contribution in [2.24, 2.45) is 0 Å². The Kier molecular flexibility index (Phi) is 4.42. The topological polar surface area (TPSA) is 76.8 Å². The molecule has 2 N–H and O–H groups in total. The largest absolute Gasteiger partial charge is 0.324 e. The first-order chi connectivity index (χ1) is 15.9. The van der Waals surface area contributed by atoms with Crippen LogP contribution in [0.25, 0.3) is 16.7 Å². The lowest BCUT2D eigenvalue weighted by atomic mass is 9.85. The van der Waals surface area contributed by atoms with Crippen molar-refractivity contribution in [3.63, 3.8) is 0 Å². The van der Waals surface area contributed by atoms with E-state index < -0.39 is 0 Å². The molecule has 1 aliphatic carbocycles. The smallest absolute Gasteiger partial charge is 0.278 e. The third kappa shape index (κ3) is 3.41. The summed E-state index contributed by atoms with van der Waals surface area (Å²) in [4.78, 5) is 22.3. The number of rotatable bonds is 4. The lowest BCUT2D eigenvalue weighted by Gasteiger charge is -2.34. The molecule has 2 aliphatic rings. The van der Waals surface area contributed by atoms with Gasteiger partial charge in [0, 0.05) is 17.4 Å². The molecule has 2 aromatic carbocycles. The fourth-order valence-corrected chi connectivity index (χ4v) is 4.76. The van der Waals surface area contributed by atoms with E-state index in [-0.39, 0.29) is 23.0 Å². The van der Waals surface area contributed by atoms with Gasteiger partial charge in [-0.05, 0) is 87.2 Å². The van der Waals surface area contributed by atoms with E-state index >= 15 is 0 Å². The summed E-state index contributed by atoms with van der Waals surface area (Å²) < 4.78 is 17.1. The predicted octanol–water partition coefficient (Wildman–Crippen LogP) is 4.18. The van der Waals surface area contributed by atoms with Gasteiger partial charge in [0.05, 0.1) is 11.7 Å². The van der Waals surface area contributed by atoms with E-state index in [0.717, 1.165) is 31.5 Å². The van der Waals surface area contributed by atoms with Crippen molar-refractivity contribution >= 4 is 22.7 Å². The Bertz CT molecular complexity index is 1430. The highest BCUT2D eigenvalue weighted by Gasteiger charge is 2.31. The maximum Gasteiger partial charge on any atom is 0.278 e. The van der Waals surface area contributed by atoms with Crippen LogP contribution in [0.5, 0.6) is 0 Å². The molecule has 0 saturated heterocycles. The Morgan fingerprint density at radius 1 is 1.15 bits per heavy atom. The van der Waals surface area contributed by atoms with Crippen LogP contribution in [-0.4, -0.2) is 25.9 Å². The monoisotopic (exact) mass is 444 g/mol. The van der Waals surface area contributed by atoms with Crippen LogP contribution < -0.4 is 16.2 Å². The van der Waals surface area contributed by atoms with Gasteiger partial charge in [-0.3, -0.25) is 4.79 Å². The number of aromatic nitrogens is 4. The third-order valence-electron chi connectivity index (χ3n) is 6.58. The van der Waals surface area contributed by atoms with Gasteiger partial charge in [0.25, 0.3) is 5.56 Å². The second-order valence-corrected chi connectivity index (χ2v) is 9.40. The average molecular weight is 445 g/mol. The molecule has 7 nitrogen and oxygen atoms in total. The predicted molar refractivity (Wildman–Crippen MR) is 126 cm³/mol. The Morgan fingerprint density at radius 3 is 2.70 bits per heavy atom. The number of benzene rings is 2. The highest BCUT2D eigenvalue weighted by atomic mass is 19.1. The summed E-state index contributed by atoms with van der Waals surface area (Å²) in [5.41, 5.74) is 4.53. The molecule has 168 valence electrons. The summed E-state index contributed by atoms with van der Waals surface area (Å²) in [7, 11) is 0. The Morgan fingerprint density at radius 2 is 1.94 bits per heavy atom. The van der Waals surface area contributed by atoms with Crippen molar-refractivity contribution in [2.75, 3.05) is 11.9 Å². The Balaban J connectivity index is 1.43. The molecule has 1 saturated carbocycles. The molecule has 8 heteroatoms. The molecular formula is C25H25FN6O. The van der Waals surface area contributed by atoms with Crippen LogP contribution in [-0.2, 0) is 12.0 Å². The van der Waals surface area contributed by atoms with Crippen LogP contribution in [0.15, 0.2) is 53.5 Å². The van der Waals surface area contributed by atoms with Crippen molar-refractivity contribution in [3.8, 4) is 5.69 Å². The molecule has 0 amide bonds. The van der Waals surface area contributed by atoms with Crippen molar-refractivity contribution in [1.29, 1.82) is 0 Å². The van der Waals surface area contributed by atoms with E-state index in [0.29, 0.717) is 22.7 Å². The van der Waals surface area contributed by atoms with E-state index in [1.165, 1.54) is 23.3 Å². The molecule has 6 rings (SSSR count). The van der Waals surface area contributed by atoms with Crippen LogP contribution in [0, 0.1) is 5.82 Å². The lowest BCUT2D eigenvalue weighted by molar-refractivity contribution is 0.382. The summed E-state index contributed by atoms with van der Waals surface area (Å²) in [5, 5.41) is 7.31. The summed E-state index contributed by atoms with van der Waals surface area (Å²) in [5.74, 6) is 0.0951. The molecule has 3 heterocycles. The van der Waals surface area contributed by atoms with Gasteiger partial charge >= 0.3 is 0 Å². The summed E-state index contributed by atoms with van der Waals surface area (Å²) in [6.07, 6.45) is 4.42. The molecular weight excluding hydrogens is 419 g/mol. The first kappa shape index (κ1) is 20.1. The number of nitrogens with zero attached hydrogens (tertiary/aromatic N) is 4. The first-order valence-corrected chi connectivity index (χ1v) is 11.3. The highest BCUT2D eigenvalue weighted by Crippen LogP contribution is 2.36. The SMILES string of the molecule is CC1(C)NCCc2cc(Nc3ncc4c(=O)n(C5CC5)n(-c5ccc(F)cc5)c4n3)ccc21. The van der Waals surface area contributed by atoms with Gasteiger partial charge in [-0.15, -0.1) is 0 Å². The minimum Gasteiger partial charge on any atom is -0.324 e. The standard InChI is InChI=1S/C25H25FN6O/c1-25(2)21-10-5-17(13-15(21)11-12-28-25)29-24-27-14-20-22(30-24)31(18-6-3-16(26)4-7-18)32(23(20)33)19-8-9-19/h3-7,10,13-14,19,28H,8-9,11-12H2,1-2H3,(H,27,29,30). The van der Waals surface area contributed by atoms with Gasteiger partial charge in [0.2, 0.25) is 5.95 Å². The Hall–Kier alpha value is -3.52. The summed E-state index contributed by atoms with van der Waals surface area (Å²) in [6, 6.07) is 12.6. The molecule has 1 fully saturated rings. The number of hydrogen-bond donors (Lipinski definition) is 2. The molecule has 0 bridgehead atoms. The van der Waals surface area contributed by atoms with Gasteiger partial charge in [0.15, 0.2) is 5.65 Å². The molecule has 0 atom stereocenters. The van der Waals surface area contributed by atoms with Gasteiger partial charge in [-0.1, -0.05) is 6.07 Å². The van der Waals surface area contributed by atoms with Crippen molar-refractivity contribution in [1.82, 2.24) is 24.6 Å². The van der Waals surface area contributed by atoms with Gasteiger partial charge in [0.1, 0.15) is 11.2 Å². The third-order valence-corrected chi connectivity index (χ3v) is 6.58. The molecule has 0 radical (unpaired) electrons. The summed E-state index contributed by atoms with van der Waals surface area (Å²) in [6.45, 7) is 5.31. The first-order valence-electron chi connectivity index (χ1n) is 11.3. The van der Waals surface area contributed by atoms with E-state index in [2.05, 4.69) is 41.6 Å².